The first-order valence-electron chi connectivity index (χ1n) is 3.88. The highest BCUT2D eigenvalue weighted by Crippen LogP contribution is 2.31. The average molecular weight is 180 g/mol. The third-order valence-electron chi connectivity index (χ3n) is 2.72. The zero-order valence-corrected chi connectivity index (χ0v) is 7.05. The first-order valence-corrected chi connectivity index (χ1v) is 3.88. The molecule has 1 aliphatic carbocycles. The van der Waals surface area contributed by atoms with Gasteiger partial charge in [-0.2, -0.15) is 0 Å². The topological polar surface area (TPSA) is 52.5 Å². The summed E-state index contributed by atoms with van der Waals surface area (Å²) in [7, 11) is 0. The second kappa shape index (κ2) is 3.27. The first kappa shape index (κ1) is 9.26. The van der Waals surface area contributed by atoms with Gasteiger partial charge in [0, 0.05) is 6.04 Å². The van der Waals surface area contributed by atoms with Crippen LogP contribution in [0.25, 0.3) is 0 Å². The molecule has 2 rings (SSSR count). The van der Waals surface area contributed by atoms with E-state index < -0.39 is 12.2 Å². The van der Waals surface area contributed by atoms with Gasteiger partial charge in [0.1, 0.15) is 0 Å². The summed E-state index contributed by atoms with van der Waals surface area (Å²) < 4.78 is 0. The van der Waals surface area contributed by atoms with Gasteiger partial charge >= 0.3 is 0 Å². The lowest BCUT2D eigenvalue weighted by atomic mass is 9.99. The second-order valence-electron chi connectivity index (χ2n) is 3.33. The van der Waals surface area contributed by atoms with Crippen LogP contribution < -0.4 is 5.32 Å². The lowest BCUT2D eigenvalue weighted by Crippen LogP contribution is -2.39. The molecule has 4 heteroatoms. The predicted molar refractivity (Wildman–Crippen MR) is 43.8 cm³/mol. The molecule has 4 atom stereocenters. The minimum atomic E-state index is -0.521. The molecule has 2 bridgehead atoms. The fraction of sp³-hybridized carbons (Fsp3) is 1.00. The van der Waals surface area contributed by atoms with E-state index in [0.29, 0.717) is 5.92 Å². The molecule has 0 unspecified atom stereocenters. The number of piperidine rings is 1. The van der Waals surface area contributed by atoms with Crippen LogP contribution in [0, 0.1) is 5.92 Å². The molecule has 0 radical (unpaired) electrons. The van der Waals surface area contributed by atoms with Crippen LogP contribution in [-0.4, -0.2) is 35.0 Å². The standard InChI is InChI=1S/C7H13NO2.ClH/c9-6-4-1-2-8-5(3-4)7(6)10;/h4-10H,1-3H2;1H/t4-,5+,6+,7-;/m0./s1. The van der Waals surface area contributed by atoms with Gasteiger partial charge in [0.15, 0.2) is 0 Å². The van der Waals surface area contributed by atoms with E-state index in [-0.39, 0.29) is 18.4 Å². The third kappa shape index (κ3) is 1.38. The second-order valence-corrected chi connectivity index (χ2v) is 3.33. The van der Waals surface area contributed by atoms with Gasteiger partial charge in [0.05, 0.1) is 12.2 Å². The molecule has 0 aromatic rings. The largest absolute Gasteiger partial charge is 0.390 e. The number of aliphatic hydroxyl groups excluding tert-OH is 2. The number of hydrogen-bond acceptors (Lipinski definition) is 3. The molecule has 1 saturated carbocycles. The monoisotopic (exact) mass is 179 g/mol. The number of hydrogen-bond donors (Lipinski definition) is 3. The van der Waals surface area contributed by atoms with E-state index in [0.717, 1.165) is 19.4 Å². The summed E-state index contributed by atoms with van der Waals surface area (Å²) >= 11 is 0. The molecule has 1 aliphatic heterocycles. The Hall–Kier alpha value is 0.170. The Labute approximate surface area is 72.2 Å². The van der Waals surface area contributed by atoms with Gasteiger partial charge in [-0.25, -0.2) is 0 Å². The third-order valence-corrected chi connectivity index (χ3v) is 2.72. The van der Waals surface area contributed by atoms with Gasteiger partial charge in [0.2, 0.25) is 0 Å². The van der Waals surface area contributed by atoms with Crippen molar-refractivity contribution in [1.29, 1.82) is 0 Å². The van der Waals surface area contributed by atoms with E-state index in [9.17, 15) is 10.2 Å². The van der Waals surface area contributed by atoms with E-state index in [1.54, 1.807) is 0 Å². The molecule has 1 heterocycles. The maximum Gasteiger partial charge on any atom is 0.0954 e. The molecule has 3 N–H and O–H groups in total. The molecule has 11 heavy (non-hydrogen) atoms. The van der Waals surface area contributed by atoms with E-state index in [1.165, 1.54) is 0 Å². The zero-order valence-electron chi connectivity index (χ0n) is 6.23. The fourth-order valence-corrected chi connectivity index (χ4v) is 2.07. The number of aliphatic hydroxyl groups is 2. The van der Waals surface area contributed by atoms with Crippen LogP contribution in [-0.2, 0) is 0 Å². The maximum absolute atomic E-state index is 9.38. The Morgan fingerprint density at radius 1 is 1.18 bits per heavy atom. The lowest BCUT2D eigenvalue weighted by Gasteiger charge is -2.19. The summed E-state index contributed by atoms with van der Waals surface area (Å²) in [5, 5.41) is 21.9. The van der Waals surface area contributed by atoms with Crippen LogP contribution in [0.4, 0.5) is 0 Å². The predicted octanol–water partition coefficient (Wildman–Crippen LogP) is -0.488. The van der Waals surface area contributed by atoms with Crippen LogP contribution in [0.2, 0.25) is 0 Å². The highest BCUT2D eigenvalue weighted by atomic mass is 35.5. The van der Waals surface area contributed by atoms with Crippen molar-refractivity contribution in [2.45, 2.75) is 31.1 Å². The molecule has 0 spiro atoms. The minimum Gasteiger partial charge on any atom is -0.390 e. The summed E-state index contributed by atoms with van der Waals surface area (Å²) in [6, 6.07) is 0.161. The molecule has 0 amide bonds. The van der Waals surface area contributed by atoms with Gasteiger partial charge in [0.25, 0.3) is 0 Å². The number of nitrogens with one attached hydrogen (secondary N) is 1. The lowest BCUT2D eigenvalue weighted by molar-refractivity contribution is 0.0183. The molecular formula is C7H14ClNO2. The summed E-state index contributed by atoms with van der Waals surface area (Å²) in [6.07, 6.45) is 0.962. The van der Waals surface area contributed by atoms with Crippen molar-refractivity contribution in [1.82, 2.24) is 5.32 Å². The van der Waals surface area contributed by atoms with Crippen LogP contribution in [0.5, 0.6) is 0 Å². The number of rotatable bonds is 0. The fourth-order valence-electron chi connectivity index (χ4n) is 2.07. The van der Waals surface area contributed by atoms with Crippen LogP contribution in [0.15, 0.2) is 0 Å². The molecule has 2 fully saturated rings. The molecule has 0 aromatic heterocycles. The molecular weight excluding hydrogens is 166 g/mol. The first-order chi connectivity index (χ1) is 4.79. The van der Waals surface area contributed by atoms with Crippen LogP contribution in [0.3, 0.4) is 0 Å². The Morgan fingerprint density at radius 2 is 1.91 bits per heavy atom. The van der Waals surface area contributed by atoms with Crippen molar-refractivity contribution < 1.29 is 10.2 Å². The quantitative estimate of drug-likeness (QED) is 0.471. The van der Waals surface area contributed by atoms with Gasteiger partial charge in [-0.15, -0.1) is 12.4 Å². The van der Waals surface area contributed by atoms with Crippen molar-refractivity contribution >= 4 is 12.4 Å². The SMILES string of the molecule is Cl.O[C@@H]1[C@H]2CCN[C@H](C2)[C@@H]1O. The van der Waals surface area contributed by atoms with Crippen LogP contribution in [0.1, 0.15) is 12.8 Å². The van der Waals surface area contributed by atoms with E-state index in [2.05, 4.69) is 5.32 Å². The van der Waals surface area contributed by atoms with Gasteiger partial charge < -0.3 is 15.5 Å². The number of fused-ring (bicyclic) bond motifs is 2. The van der Waals surface area contributed by atoms with E-state index >= 15 is 0 Å². The molecule has 1 saturated heterocycles. The zero-order chi connectivity index (χ0) is 7.14. The number of halogens is 1. The minimum absolute atomic E-state index is 0. The summed E-state index contributed by atoms with van der Waals surface area (Å²) in [5.74, 6) is 0.348. The summed E-state index contributed by atoms with van der Waals surface area (Å²) in [4.78, 5) is 0. The van der Waals surface area contributed by atoms with E-state index in [1.807, 2.05) is 0 Å². The normalized spacial score (nSPS) is 48.5. The van der Waals surface area contributed by atoms with Crippen molar-refractivity contribution in [3.05, 3.63) is 0 Å². The van der Waals surface area contributed by atoms with Crippen molar-refractivity contribution in [2.75, 3.05) is 6.54 Å². The molecule has 3 nitrogen and oxygen atoms in total. The highest BCUT2D eigenvalue weighted by Gasteiger charge is 2.43. The van der Waals surface area contributed by atoms with Crippen molar-refractivity contribution in [2.24, 2.45) is 5.92 Å². The molecule has 2 aliphatic rings. The molecule has 66 valence electrons. The highest BCUT2D eigenvalue weighted by molar-refractivity contribution is 5.85. The van der Waals surface area contributed by atoms with E-state index in [4.69, 9.17) is 0 Å². The maximum atomic E-state index is 9.38. The van der Waals surface area contributed by atoms with Crippen molar-refractivity contribution in [3.63, 3.8) is 0 Å². The Balaban J connectivity index is 0.000000605. The van der Waals surface area contributed by atoms with Gasteiger partial charge in [-0.1, -0.05) is 0 Å². The van der Waals surface area contributed by atoms with Gasteiger partial charge in [-0.05, 0) is 25.3 Å². The van der Waals surface area contributed by atoms with Crippen LogP contribution >= 0.6 is 12.4 Å². The van der Waals surface area contributed by atoms with Gasteiger partial charge in [-0.3, -0.25) is 0 Å². The summed E-state index contributed by atoms with van der Waals surface area (Å²) in [5.41, 5.74) is 0. The summed E-state index contributed by atoms with van der Waals surface area (Å²) in [6.45, 7) is 0.948. The Kier molecular flexibility index (Phi) is 2.75. The Morgan fingerprint density at radius 3 is 2.45 bits per heavy atom. The average Bonchev–Trinajstić information content (AvgIpc) is 2.17. The molecule has 0 aromatic carbocycles. The van der Waals surface area contributed by atoms with Crippen molar-refractivity contribution in [3.8, 4) is 0 Å². The smallest absolute Gasteiger partial charge is 0.0954 e. The Bertz CT molecular complexity index is 126.